The molecule has 21 heavy (non-hydrogen) atoms. The predicted molar refractivity (Wildman–Crippen MR) is 84.4 cm³/mol. The van der Waals surface area contributed by atoms with Crippen molar-refractivity contribution in [1.29, 1.82) is 0 Å². The number of fused-ring (bicyclic) bond motifs is 1. The van der Waals surface area contributed by atoms with E-state index in [-0.39, 0.29) is 0 Å². The number of benzene rings is 1. The van der Waals surface area contributed by atoms with Crippen LogP contribution < -0.4 is 5.32 Å². The smallest absolute Gasteiger partial charge is 0.0679 e. The third-order valence-corrected chi connectivity index (χ3v) is 4.86. The monoisotopic (exact) mass is 282 g/mol. The summed E-state index contributed by atoms with van der Waals surface area (Å²) in [5.74, 6) is 0. The molecule has 0 bridgehead atoms. The van der Waals surface area contributed by atoms with Gasteiger partial charge in [0, 0.05) is 36.7 Å². The Hall–Kier alpha value is -1.81. The Kier molecular flexibility index (Phi) is 3.39. The van der Waals surface area contributed by atoms with Gasteiger partial charge in [0.15, 0.2) is 0 Å². The van der Waals surface area contributed by atoms with Crippen molar-refractivity contribution in [1.82, 2.24) is 14.7 Å². The van der Waals surface area contributed by atoms with E-state index in [0.717, 1.165) is 12.6 Å². The van der Waals surface area contributed by atoms with Gasteiger partial charge in [0.2, 0.25) is 0 Å². The summed E-state index contributed by atoms with van der Waals surface area (Å²) in [5, 5.41) is 8.13. The van der Waals surface area contributed by atoms with Crippen molar-refractivity contribution in [3.63, 3.8) is 0 Å². The van der Waals surface area contributed by atoms with Crippen molar-refractivity contribution < 1.29 is 0 Å². The second-order valence-electron chi connectivity index (χ2n) is 6.15. The van der Waals surface area contributed by atoms with E-state index < -0.39 is 0 Å². The number of rotatable bonds is 4. The van der Waals surface area contributed by atoms with Crippen LogP contribution in [-0.2, 0) is 6.54 Å². The summed E-state index contributed by atoms with van der Waals surface area (Å²) in [4.78, 5) is 2.65. The second-order valence-corrected chi connectivity index (χ2v) is 6.15. The second kappa shape index (κ2) is 5.53. The predicted octanol–water partition coefficient (Wildman–Crippen LogP) is 2.58. The lowest BCUT2D eigenvalue weighted by molar-refractivity contribution is 0.318. The Bertz CT molecular complexity index is 593. The number of anilines is 1. The van der Waals surface area contributed by atoms with E-state index in [1.165, 1.54) is 43.6 Å². The van der Waals surface area contributed by atoms with Gasteiger partial charge in [-0.2, -0.15) is 5.10 Å². The number of nitrogens with zero attached hydrogens (tertiary/aromatic N) is 3. The lowest BCUT2D eigenvalue weighted by atomic mass is 10.1. The van der Waals surface area contributed by atoms with Gasteiger partial charge in [-0.25, -0.2) is 0 Å². The summed E-state index contributed by atoms with van der Waals surface area (Å²) in [6.07, 6.45) is 7.83. The molecule has 3 heterocycles. The van der Waals surface area contributed by atoms with Gasteiger partial charge in [0.25, 0.3) is 0 Å². The SMILES string of the molecule is c1ccc(NC2CCN3CCCC23)c(Cn2cccn2)c1. The van der Waals surface area contributed by atoms with Crippen LogP contribution in [0.2, 0.25) is 0 Å². The maximum atomic E-state index is 4.32. The molecule has 0 aliphatic carbocycles. The van der Waals surface area contributed by atoms with Crippen molar-refractivity contribution in [2.24, 2.45) is 0 Å². The molecule has 0 radical (unpaired) electrons. The summed E-state index contributed by atoms with van der Waals surface area (Å²) in [6, 6.07) is 12.0. The molecule has 0 saturated carbocycles. The third-order valence-electron chi connectivity index (χ3n) is 4.86. The molecule has 4 rings (SSSR count). The Balaban J connectivity index is 1.52. The summed E-state index contributed by atoms with van der Waals surface area (Å²) in [7, 11) is 0. The molecule has 4 nitrogen and oxygen atoms in total. The van der Waals surface area contributed by atoms with Gasteiger partial charge in [0.05, 0.1) is 6.54 Å². The third kappa shape index (κ3) is 2.56. The van der Waals surface area contributed by atoms with Crippen molar-refractivity contribution >= 4 is 5.69 Å². The summed E-state index contributed by atoms with van der Waals surface area (Å²) >= 11 is 0. The van der Waals surface area contributed by atoms with Crippen LogP contribution in [0.25, 0.3) is 0 Å². The lowest BCUT2D eigenvalue weighted by Gasteiger charge is -2.23. The molecular formula is C17H22N4. The molecule has 2 unspecified atom stereocenters. The van der Waals surface area contributed by atoms with Gasteiger partial charge < -0.3 is 5.32 Å². The van der Waals surface area contributed by atoms with Crippen LogP contribution in [0.1, 0.15) is 24.8 Å². The average Bonchev–Trinajstić information content (AvgIpc) is 3.20. The van der Waals surface area contributed by atoms with E-state index in [4.69, 9.17) is 0 Å². The standard InChI is InChI=1S/C17H22N4/c1-2-6-15(14(5-1)13-21-11-4-9-18-21)19-16-8-12-20-10-3-7-17(16)20/h1-2,4-6,9,11,16-17,19H,3,7-8,10,12-13H2. The first-order chi connectivity index (χ1) is 10.4. The van der Waals surface area contributed by atoms with Crippen molar-refractivity contribution in [2.75, 3.05) is 18.4 Å². The fourth-order valence-corrected chi connectivity index (χ4v) is 3.82. The Labute approximate surface area is 125 Å². The first kappa shape index (κ1) is 12.9. The minimum atomic E-state index is 0.603. The van der Waals surface area contributed by atoms with E-state index in [0.29, 0.717) is 6.04 Å². The van der Waals surface area contributed by atoms with Crippen LogP contribution in [0.15, 0.2) is 42.7 Å². The normalized spacial score (nSPS) is 25.1. The Morgan fingerprint density at radius 2 is 2.10 bits per heavy atom. The number of aromatic nitrogens is 2. The summed E-state index contributed by atoms with van der Waals surface area (Å²) < 4.78 is 1.98. The zero-order valence-electron chi connectivity index (χ0n) is 12.3. The van der Waals surface area contributed by atoms with Gasteiger partial charge in [0.1, 0.15) is 0 Å². The number of nitrogens with one attached hydrogen (secondary N) is 1. The molecule has 2 saturated heterocycles. The molecule has 1 N–H and O–H groups in total. The minimum Gasteiger partial charge on any atom is -0.380 e. The van der Waals surface area contributed by atoms with Gasteiger partial charge in [-0.15, -0.1) is 0 Å². The van der Waals surface area contributed by atoms with E-state index in [2.05, 4.69) is 39.6 Å². The van der Waals surface area contributed by atoms with Gasteiger partial charge in [-0.1, -0.05) is 18.2 Å². The highest BCUT2D eigenvalue weighted by molar-refractivity contribution is 5.52. The minimum absolute atomic E-state index is 0.603. The van der Waals surface area contributed by atoms with Crippen LogP contribution in [0.5, 0.6) is 0 Å². The van der Waals surface area contributed by atoms with Crippen LogP contribution >= 0.6 is 0 Å². The van der Waals surface area contributed by atoms with Crippen LogP contribution in [0.4, 0.5) is 5.69 Å². The number of hydrogen-bond donors (Lipinski definition) is 1. The molecule has 2 aliphatic rings. The van der Waals surface area contributed by atoms with Crippen molar-refractivity contribution in [3.8, 4) is 0 Å². The molecule has 1 aromatic carbocycles. The molecule has 110 valence electrons. The zero-order chi connectivity index (χ0) is 14.1. The lowest BCUT2D eigenvalue weighted by Crippen LogP contribution is -2.34. The Morgan fingerprint density at radius 3 is 3.00 bits per heavy atom. The fourth-order valence-electron chi connectivity index (χ4n) is 3.82. The van der Waals surface area contributed by atoms with Gasteiger partial charge >= 0.3 is 0 Å². The van der Waals surface area contributed by atoms with Crippen molar-refractivity contribution in [3.05, 3.63) is 48.3 Å². The van der Waals surface area contributed by atoms with Crippen molar-refractivity contribution in [2.45, 2.75) is 37.9 Å². The molecule has 0 spiro atoms. The molecule has 1 aromatic heterocycles. The van der Waals surface area contributed by atoms with Crippen LogP contribution in [0.3, 0.4) is 0 Å². The van der Waals surface area contributed by atoms with E-state index in [1.54, 1.807) is 0 Å². The maximum Gasteiger partial charge on any atom is 0.0679 e. The summed E-state index contributed by atoms with van der Waals surface area (Å²) in [6.45, 7) is 3.37. The maximum absolute atomic E-state index is 4.32. The zero-order valence-corrected chi connectivity index (χ0v) is 12.3. The van der Waals surface area contributed by atoms with E-state index >= 15 is 0 Å². The van der Waals surface area contributed by atoms with Gasteiger partial charge in [-0.05, 0) is 43.5 Å². The highest BCUT2D eigenvalue weighted by Crippen LogP contribution is 2.31. The molecular weight excluding hydrogens is 260 g/mol. The first-order valence-corrected chi connectivity index (χ1v) is 7.96. The summed E-state index contributed by atoms with van der Waals surface area (Å²) in [5.41, 5.74) is 2.59. The fraction of sp³-hybridized carbons (Fsp3) is 0.471. The average molecular weight is 282 g/mol. The van der Waals surface area contributed by atoms with E-state index in [9.17, 15) is 0 Å². The number of para-hydroxylation sites is 1. The molecule has 2 aromatic rings. The molecule has 4 heteroatoms. The topological polar surface area (TPSA) is 33.1 Å². The quantitative estimate of drug-likeness (QED) is 0.935. The molecule has 2 fully saturated rings. The van der Waals surface area contributed by atoms with Gasteiger partial charge in [-0.3, -0.25) is 9.58 Å². The molecule has 2 aliphatic heterocycles. The molecule has 2 atom stereocenters. The highest BCUT2D eigenvalue weighted by atomic mass is 15.3. The van der Waals surface area contributed by atoms with E-state index in [1.807, 2.05) is 23.1 Å². The van der Waals surface area contributed by atoms with Crippen LogP contribution in [-0.4, -0.2) is 39.9 Å². The van der Waals surface area contributed by atoms with Crippen LogP contribution in [0, 0.1) is 0 Å². The molecule has 0 amide bonds. The Morgan fingerprint density at radius 1 is 1.14 bits per heavy atom. The highest BCUT2D eigenvalue weighted by Gasteiger charge is 2.37. The largest absolute Gasteiger partial charge is 0.380 e. The first-order valence-electron chi connectivity index (χ1n) is 7.96. The number of hydrogen-bond acceptors (Lipinski definition) is 3.